The number of benzene rings is 1. The third-order valence-corrected chi connectivity index (χ3v) is 2.36. The molecule has 1 rings (SSSR count). The second kappa shape index (κ2) is 5.29. The Morgan fingerprint density at radius 1 is 1.47 bits per heavy atom. The molecule has 1 amide bonds. The lowest BCUT2D eigenvalue weighted by molar-refractivity contribution is -0.384. The minimum Gasteiger partial charge on any atom is -0.368 e. The van der Waals surface area contributed by atoms with Crippen LogP contribution in [-0.2, 0) is 4.79 Å². The average Bonchev–Trinajstić information content (AvgIpc) is 2.29. The summed E-state index contributed by atoms with van der Waals surface area (Å²) in [4.78, 5) is 21.7. The van der Waals surface area contributed by atoms with E-state index in [1.54, 1.807) is 26.0 Å². The van der Waals surface area contributed by atoms with Crippen molar-refractivity contribution in [1.82, 2.24) is 5.32 Å². The molecule has 0 saturated carbocycles. The zero-order chi connectivity index (χ0) is 13.0. The van der Waals surface area contributed by atoms with Crippen molar-refractivity contribution >= 4 is 17.3 Å². The molecule has 0 aliphatic rings. The fourth-order valence-corrected chi connectivity index (χ4v) is 1.43. The molecule has 0 spiro atoms. The van der Waals surface area contributed by atoms with E-state index in [0.29, 0.717) is 5.69 Å². The number of nitrogens with one attached hydrogen (secondary N) is 2. The molecular weight excluding hydrogens is 222 g/mol. The van der Waals surface area contributed by atoms with Crippen LogP contribution in [0.5, 0.6) is 0 Å². The third kappa shape index (κ3) is 3.17. The number of anilines is 1. The van der Waals surface area contributed by atoms with Crippen molar-refractivity contribution in [3.8, 4) is 0 Å². The Balaban J connectivity index is 2.98. The van der Waals surface area contributed by atoms with Gasteiger partial charge in [0.05, 0.1) is 4.92 Å². The Morgan fingerprint density at radius 2 is 2.12 bits per heavy atom. The molecular formula is C11H15N3O3. The second-order valence-electron chi connectivity index (χ2n) is 3.76. The molecule has 0 fully saturated rings. The number of likely N-dealkylation sites (N-methyl/N-ethyl adjacent to an activating group) is 1. The first-order valence-electron chi connectivity index (χ1n) is 5.19. The quantitative estimate of drug-likeness (QED) is 0.613. The van der Waals surface area contributed by atoms with Gasteiger partial charge in [0.1, 0.15) is 11.7 Å². The van der Waals surface area contributed by atoms with Gasteiger partial charge in [0.2, 0.25) is 5.91 Å². The van der Waals surface area contributed by atoms with E-state index in [0.717, 1.165) is 5.56 Å². The fraction of sp³-hybridized carbons (Fsp3) is 0.364. The predicted octanol–water partition coefficient (Wildman–Crippen LogP) is 1.45. The molecule has 1 unspecified atom stereocenters. The van der Waals surface area contributed by atoms with Gasteiger partial charge in [-0.3, -0.25) is 14.9 Å². The predicted molar refractivity (Wildman–Crippen MR) is 65.0 cm³/mol. The molecule has 0 heterocycles. The van der Waals surface area contributed by atoms with Crippen LogP contribution >= 0.6 is 0 Å². The van der Waals surface area contributed by atoms with Crippen molar-refractivity contribution < 1.29 is 9.72 Å². The topological polar surface area (TPSA) is 84.3 Å². The molecule has 17 heavy (non-hydrogen) atoms. The molecule has 1 aromatic carbocycles. The summed E-state index contributed by atoms with van der Waals surface area (Å²) in [5, 5.41) is 16.1. The molecule has 0 aromatic heterocycles. The summed E-state index contributed by atoms with van der Waals surface area (Å²) in [7, 11) is 1.52. The van der Waals surface area contributed by atoms with Crippen LogP contribution in [-0.4, -0.2) is 23.9 Å². The molecule has 1 atom stereocenters. The van der Waals surface area contributed by atoms with Crippen molar-refractivity contribution in [2.75, 3.05) is 12.4 Å². The molecule has 0 radical (unpaired) electrons. The van der Waals surface area contributed by atoms with E-state index in [1.807, 2.05) is 0 Å². The normalized spacial score (nSPS) is 11.7. The van der Waals surface area contributed by atoms with Gasteiger partial charge in [0, 0.05) is 13.1 Å². The summed E-state index contributed by atoms with van der Waals surface area (Å²) in [5.41, 5.74) is 1.12. The van der Waals surface area contributed by atoms with Gasteiger partial charge in [0.15, 0.2) is 0 Å². The van der Waals surface area contributed by atoms with Gasteiger partial charge in [-0.1, -0.05) is 6.07 Å². The van der Waals surface area contributed by atoms with E-state index in [4.69, 9.17) is 0 Å². The number of hydrogen-bond acceptors (Lipinski definition) is 4. The van der Waals surface area contributed by atoms with Gasteiger partial charge >= 0.3 is 0 Å². The highest BCUT2D eigenvalue weighted by Crippen LogP contribution is 2.25. The zero-order valence-electron chi connectivity index (χ0n) is 9.98. The number of aryl methyl sites for hydroxylation is 1. The second-order valence-corrected chi connectivity index (χ2v) is 3.76. The number of rotatable bonds is 4. The number of nitro groups is 1. The Kier molecular flexibility index (Phi) is 4.03. The van der Waals surface area contributed by atoms with Crippen molar-refractivity contribution in [2.45, 2.75) is 19.9 Å². The number of hydrogen-bond donors (Lipinski definition) is 2. The molecule has 6 nitrogen and oxygen atoms in total. The summed E-state index contributed by atoms with van der Waals surface area (Å²) in [6.07, 6.45) is 0. The highest BCUT2D eigenvalue weighted by Gasteiger charge is 2.18. The SMILES string of the molecule is CNC(=O)C(C)Nc1ccc(C)cc1[N+](=O)[O-]. The van der Waals surface area contributed by atoms with Crippen LogP contribution in [0.1, 0.15) is 12.5 Å². The van der Waals surface area contributed by atoms with Gasteiger partial charge in [-0.25, -0.2) is 0 Å². The molecule has 6 heteroatoms. The Bertz CT molecular complexity index is 446. The van der Waals surface area contributed by atoms with Crippen LogP contribution in [0.15, 0.2) is 18.2 Å². The molecule has 0 aliphatic heterocycles. The summed E-state index contributed by atoms with van der Waals surface area (Å²) >= 11 is 0. The maximum atomic E-state index is 11.3. The van der Waals surface area contributed by atoms with Crippen LogP contribution < -0.4 is 10.6 Å². The van der Waals surface area contributed by atoms with Gasteiger partial charge in [-0.2, -0.15) is 0 Å². The number of nitro benzene ring substituents is 1. The Hall–Kier alpha value is -2.11. The first kappa shape index (κ1) is 13.0. The van der Waals surface area contributed by atoms with E-state index in [-0.39, 0.29) is 11.6 Å². The third-order valence-electron chi connectivity index (χ3n) is 2.36. The Labute approximate surface area is 99.2 Å². The van der Waals surface area contributed by atoms with Crippen molar-refractivity contribution in [2.24, 2.45) is 0 Å². The van der Waals surface area contributed by atoms with E-state index in [1.165, 1.54) is 13.1 Å². The molecule has 0 aliphatic carbocycles. The van der Waals surface area contributed by atoms with E-state index in [2.05, 4.69) is 10.6 Å². The van der Waals surface area contributed by atoms with Crippen molar-refractivity contribution in [3.05, 3.63) is 33.9 Å². The number of amides is 1. The molecule has 2 N–H and O–H groups in total. The largest absolute Gasteiger partial charge is 0.368 e. The van der Waals surface area contributed by atoms with E-state index >= 15 is 0 Å². The molecule has 0 bridgehead atoms. The summed E-state index contributed by atoms with van der Waals surface area (Å²) in [6.45, 7) is 3.42. The highest BCUT2D eigenvalue weighted by molar-refractivity contribution is 5.84. The maximum absolute atomic E-state index is 11.3. The van der Waals surface area contributed by atoms with Gasteiger partial charge in [-0.15, -0.1) is 0 Å². The minimum absolute atomic E-state index is 0.0271. The summed E-state index contributed by atoms with van der Waals surface area (Å²) in [6, 6.07) is 4.30. The Morgan fingerprint density at radius 3 is 2.65 bits per heavy atom. The maximum Gasteiger partial charge on any atom is 0.292 e. The lowest BCUT2D eigenvalue weighted by atomic mass is 10.1. The first-order valence-corrected chi connectivity index (χ1v) is 5.19. The zero-order valence-corrected chi connectivity index (χ0v) is 9.98. The molecule has 92 valence electrons. The van der Waals surface area contributed by atoms with Crippen LogP contribution in [0.25, 0.3) is 0 Å². The number of carbonyl (C=O) groups is 1. The van der Waals surface area contributed by atoms with Crippen LogP contribution in [0.4, 0.5) is 11.4 Å². The monoisotopic (exact) mass is 237 g/mol. The lowest BCUT2D eigenvalue weighted by Crippen LogP contribution is -2.35. The molecule has 1 aromatic rings. The van der Waals surface area contributed by atoms with E-state index < -0.39 is 11.0 Å². The van der Waals surface area contributed by atoms with Crippen molar-refractivity contribution in [1.29, 1.82) is 0 Å². The van der Waals surface area contributed by atoms with Crippen LogP contribution in [0.3, 0.4) is 0 Å². The summed E-state index contributed by atoms with van der Waals surface area (Å²) < 4.78 is 0. The smallest absolute Gasteiger partial charge is 0.292 e. The van der Waals surface area contributed by atoms with Crippen LogP contribution in [0.2, 0.25) is 0 Å². The van der Waals surface area contributed by atoms with Crippen LogP contribution in [0, 0.1) is 17.0 Å². The average molecular weight is 237 g/mol. The minimum atomic E-state index is -0.526. The summed E-state index contributed by atoms with van der Waals surface area (Å²) in [5.74, 6) is -0.222. The molecule has 0 saturated heterocycles. The number of nitrogens with zero attached hydrogens (tertiary/aromatic N) is 1. The van der Waals surface area contributed by atoms with Gasteiger partial charge in [0.25, 0.3) is 5.69 Å². The highest BCUT2D eigenvalue weighted by atomic mass is 16.6. The standard InChI is InChI=1S/C11H15N3O3/c1-7-4-5-9(10(6-7)14(16)17)13-8(2)11(15)12-3/h4-6,8,13H,1-3H3,(H,12,15). The van der Waals surface area contributed by atoms with Gasteiger partial charge in [-0.05, 0) is 25.5 Å². The number of carbonyl (C=O) groups excluding carboxylic acids is 1. The van der Waals surface area contributed by atoms with Crippen molar-refractivity contribution in [3.63, 3.8) is 0 Å². The van der Waals surface area contributed by atoms with E-state index in [9.17, 15) is 14.9 Å². The van der Waals surface area contributed by atoms with Gasteiger partial charge < -0.3 is 10.6 Å². The lowest BCUT2D eigenvalue weighted by Gasteiger charge is -2.13. The fourth-order valence-electron chi connectivity index (χ4n) is 1.43. The first-order chi connectivity index (χ1) is 7.95.